The molecule has 1 aliphatic heterocycles. The van der Waals surface area contributed by atoms with E-state index in [0.29, 0.717) is 25.8 Å². The van der Waals surface area contributed by atoms with Crippen LogP contribution in [0.2, 0.25) is 0 Å². The van der Waals surface area contributed by atoms with E-state index >= 15 is 0 Å². The van der Waals surface area contributed by atoms with Crippen molar-refractivity contribution in [3.05, 3.63) is 0 Å². The first kappa shape index (κ1) is 12.3. The Hall–Kier alpha value is -0.810. The number of ether oxygens (including phenoxy) is 1. The van der Waals surface area contributed by atoms with Crippen molar-refractivity contribution in [1.82, 2.24) is 5.32 Å². The van der Waals surface area contributed by atoms with Crippen LogP contribution in [0.15, 0.2) is 0 Å². The van der Waals surface area contributed by atoms with Gasteiger partial charge in [0.2, 0.25) is 0 Å². The van der Waals surface area contributed by atoms with Crippen molar-refractivity contribution in [3.8, 4) is 0 Å². The smallest absolute Gasteiger partial charge is 0.323 e. The SMILES string of the molecule is COC(=O)C12CCC(C(=O)O)(C1)NC2.Cl. The second-order valence-electron chi connectivity index (χ2n) is 4.19. The summed E-state index contributed by atoms with van der Waals surface area (Å²) in [6.45, 7) is 0.423. The van der Waals surface area contributed by atoms with Crippen molar-refractivity contribution in [2.75, 3.05) is 13.7 Å². The van der Waals surface area contributed by atoms with Gasteiger partial charge in [0.25, 0.3) is 0 Å². The van der Waals surface area contributed by atoms with Crippen molar-refractivity contribution >= 4 is 24.3 Å². The number of hydrogen-bond donors (Lipinski definition) is 2. The van der Waals surface area contributed by atoms with Crippen LogP contribution >= 0.6 is 12.4 Å². The highest BCUT2D eigenvalue weighted by atomic mass is 35.5. The Kier molecular flexibility index (Phi) is 2.98. The van der Waals surface area contributed by atoms with Crippen molar-refractivity contribution in [2.24, 2.45) is 5.41 Å². The number of methoxy groups -OCH3 is 1. The molecule has 2 unspecified atom stereocenters. The van der Waals surface area contributed by atoms with Crippen LogP contribution in [-0.2, 0) is 14.3 Å². The molecular formula is C9H14ClNO4. The number of aliphatic carboxylic acids is 1. The third kappa shape index (κ3) is 1.50. The highest BCUT2D eigenvalue weighted by Crippen LogP contribution is 2.49. The second kappa shape index (κ2) is 3.64. The minimum absolute atomic E-state index is 0. The van der Waals surface area contributed by atoms with Crippen LogP contribution < -0.4 is 5.32 Å². The fourth-order valence-corrected chi connectivity index (χ4v) is 2.57. The quantitative estimate of drug-likeness (QED) is 0.668. The molecule has 2 rings (SSSR count). The molecule has 2 aliphatic rings. The summed E-state index contributed by atoms with van der Waals surface area (Å²) in [5, 5.41) is 12.0. The molecule has 2 fully saturated rings. The molecule has 2 N–H and O–H groups in total. The minimum Gasteiger partial charge on any atom is -0.480 e. The summed E-state index contributed by atoms with van der Waals surface area (Å²) in [5.74, 6) is -1.15. The predicted octanol–water partition coefficient (Wildman–Crippen LogP) is 0.178. The van der Waals surface area contributed by atoms with Gasteiger partial charge in [-0.1, -0.05) is 0 Å². The monoisotopic (exact) mass is 235 g/mol. The van der Waals surface area contributed by atoms with E-state index in [-0.39, 0.29) is 18.4 Å². The molecule has 6 heteroatoms. The summed E-state index contributed by atoms with van der Waals surface area (Å²) in [7, 11) is 1.34. The molecule has 0 amide bonds. The summed E-state index contributed by atoms with van der Waals surface area (Å²) < 4.78 is 4.71. The number of esters is 1. The maximum atomic E-state index is 11.5. The van der Waals surface area contributed by atoms with E-state index in [9.17, 15) is 9.59 Å². The lowest BCUT2D eigenvalue weighted by Gasteiger charge is -2.24. The Balaban J connectivity index is 0.00000112. The third-order valence-electron chi connectivity index (χ3n) is 3.46. The molecule has 0 aromatic carbocycles. The Labute approximate surface area is 93.6 Å². The molecule has 1 aliphatic carbocycles. The Morgan fingerprint density at radius 3 is 2.40 bits per heavy atom. The number of fused-ring (bicyclic) bond motifs is 2. The molecule has 5 nitrogen and oxygen atoms in total. The lowest BCUT2D eigenvalue weighted by molar-refractivity contribution is -0.151. The van der Waals surface area contributed by atoms with E-state index in [1.165, 1.54) is 7.11 Å². The van der Waals surface area contributed by atoms with Gasteiger partial charge >= 0.3 is 11.9 Å². The highest BCUT2D eigenvalue weighted by molar-refractivity contribution is 5.86. The molecule has 86 valence electrons. The number of carbonyl (C=O) groups is 2. The van der Waals surface area contributed by atoms with Gasteiger partial charge in [-0.15, -0.1) is 12.4 Å². The topological polar surface area (TPSA) is 75.6 Å². The standard InChI is InChI=1S/C9H13NO4.ClH/c1-14-7(13)8-2-3-9(4-8,6(11)12)10-5-8;/h10H,2-5H2,1H3,(H,11,12);1H. The number of carboxylic acids is 1. The number of halogens is 1. The summed E-state index contributed by atoms with van der Waals surface area (Å²) in [6.07, 6.45) is 1.48. The third-order valence-corrected chi connectivity index (χ3v) is 3.46. The first-order valence-corrected chi connectivity index (χ1v) is 4.62. The normalized spacial score (nSPS) is 37.1. The molecule has 1 saturated heterocycles. The van der Waals surface area contributed by atoms with Crippen LogP contribution in [0.25, 0.3) is 0 Å². The van der Waals surface area contributed by atoms with E-state index in [4.69, 9.17) is 9.84 Å². The number of carboxylic acid groups (broad SMARTS) is 1. The highest BCUT2D eigenvalue weighted by Gasteiger charge is 2.62. The van der Waals surface area contributed by atoms with Crippen molar-refractivity contribution in [3.63, 3.8) is 0 Å². The molecule has 0 aromatic heterocycles. The number of piperidine rings is 1. The average molecular weight is 236 g/mol. The Morgan fingerprint density at radius 2 is 2.07 bits per heavy atom. The average Bonchev–Trinajstić information content (AvgIpc) is 2.74. The molecule has 2 atom stereocenters. The number of carbonyl (C=O) groups excluding carboxylic acids is 1. The van der Waals surface area contributed by atoms with Crippen LogP contribution in [0.3, 0.4) is 0 Å². The largest absolute Gasteiger partial charge is 0.480 e. The molecular weight excluding hydrogens is 222 g/mol. The number of hydrogen-bond acceptors (Lipinski definition) is 4. The van der Waals surface area contributed by atoms with Gasteiger partial charge in [0.15, 0.2) is 0 Å². The first-order valence-electron chi connectivity index (χ1n) is 4.62. The molecule has 0 radical (unpaired) electrons. The van der Waals surface area contributed by atoms with Crippen LogP contribution in [-0.4, -0.2) is 36.2 Å². The zero-order valence-electron chi connectivity index (χ0n) is 8.41. The Bertz CT molecular complexity index is 296. The zero-order chi connectivity index (χ0) is 10.4. The van der Waals surface area contributed by atoms with E-state index in [1.54, 1.807) is 0 Å². The van der Waals surface area contributed by atoms with Crippen LogP contribution in [0.4, 0.5) is 0 Å². The lowest BCUT2D eigenvalue weighted by atomic mass is 9.87. The van der Waals surface area contributed by atoms with Gasteiger partial charge in [0.05, 0.1) is 12.5 Å². The molecule has 2 bridgehead atoms. The van der Waals surface area contributed by atoms with Gasteiger partial charge in [0, 0.05) is 6.54 Å². The fraction of sp³-hybridized carbons (Fsp3) is 0.778. The fourth-order valence-electron chi connectivity index (χ4n) is 2.57. The molecule has 1 saturated carbocycles. The van der Waals surface area contributed by atoms with Gasteiger partial charge in [-0.3, -0.25) is 9.59 Å². The van der Waals surface area contributed by atoms with Gasteiger partial charge in [-0.05, 0) is 19.3 Å². The second-order valence-corrected chi connectivity index (χ2v) is 4.19. The van der Waals surface area contributed by atoms with E-state index in [1.807, 2.05) is 0 Å². The van der Waals surface area contributed by atoms with E-state index in [0.717, 1.165) is 0 Å². The summed E-state index contributed by atoms with van der Waals surface area (Å²) in [5.41, 5.74) is -1.47. The molecule has 1 heterocycles. The van der Waals surface area contributed by atoms with Gasteiger partial charge < -0.3 is 15.2 Å². The summed E-state index contributed by atoms with van der Waals surface area (Å²) in [6, 6.07) is 0. The lowest BCUT2D eigenvalue weighted by Crippen LogP contribution is -2.48. The summed E-state index contributed by atoms with van der Waals surface area (Å²) in [4.78, 5) is 22.5. The first-order chi connectivity index (χ1) is 6.55. The van der Waals surface area contributed by atoms with Gasteiger partial charge in [0.1, 0.15) is 5.54 Å². The van der Waals surface area contributed by atoms with Gasteiger partial charge in [-0.25, -0.2) is 0 Å². The minimum atomic E-state index is -0.881. The van der Waals surface area contributed by atoms with Crippen LogP contribution in [0, 0.1) is 5.41 Å². The van der Waals surface area contributed by atoms with Crippen molar-refractivity contribution in [1.29, 1.82) is 0 Å². The van der Waals surface area contributed by atoms with E-state index in [2.05, 4.69) is 5.32 Å². The molecule has 15 heavy (non-hydrogen) atoms. The van der Waals surface area contributed by atoms with Crippen molar-refractivity contribution in [2.45, 2.75) is 24.8 Å². The molecule has 0 aromatic rings. The maximum absolute atomic E-state index is 11.5. The maximum Gasteiger partial charge on any atom is 0.323 e. The van der Waals surface area contributed by atoms with Gasteiger partial charge in [-0.2, -0.15) is 0 Å². The number of rotatable bonds is 2. The Morgan fingerprint density at radius 1 is 1.40 bits per heavy atom. The van der Waals surface area contributed by atoms with Crippen molar-refractivity contribution < 1.29 is 19.4 Å². The molecule has 0 spiro atoms. The van der Waals surface area contributed by atoms with Crippen LogP contribution in [0.5, 0.6) is 0 Å². The van der Waals surface area contributed by atoms with Crippen LogP contribution in [0.1, 0.15) is 19.3 Å². The zero-order valence-corrected chi connectivity index (χ0v) is 9.23. The predicted molar refractivity (Wildman–Crippen MR) is 53.9 cm³/mol. The number of nitrogens with one attached hydrogen (secondary N) is 1. The van der Waals surface area contributed by atoms with E-state index < -0.39 is 16.9 Å². The summed E-state index contributed by atoms with van der Waals surface area (Å²) >= 11 is 0.